The fourth-order valence-corrected chi connectivity index (χ4v) is 4.00. The summed E-state index contributed by atoms with van der Waals surface area (Å²) in [5, 5.41) is 17.6. The summed E-state index contributed by atoms with van der Waals surface area (Å²) in [5.41, 5.74) is 1.10. The molecule has 0 saturated heterocycles. The van der Waals surface area contributed by atoms with E-state index in [4.69, 9.17) is 9.15 Å². The Morgan fingerprint density at radius 1 is 1.38 bits per heavy atom. The van der Waals surface area contributed by atoms with E-state index in [9.17, 15) is 14.7 Å². The lowest BCUT2D eigenvalue weighted by molar-refractivity contribution is 0.0526. The van der Waals surface area contributed by atoms with Gasteiger partial charge in [0, 0.05) is 4.88 Å². The van der Waals surface area contributed by atoms with Crippen LogP contribution < -0.4 is 0 Å². The Balaban J connectivity index is 1.93. The molecule has 0 fully saturated rings. The van der Waals surface area contributed by atoms with Gasteiger partial charge in [-0.2, -0.15) is 0 Å². The van der Waals surface area contributed by atoms with Crippen LogP contribution in [0.2, 0.25) is 0 Å². The number of fused-ring (bicyclic) bond motifs is 1. The van der Waals surface area contributed by atoms with Gasteiger partial charge in [0.05, 0.1) is 12.9 Å². The summed E-state index contributed by atoms with van der Waals surface area (Å²) in [7, 11) is 0. The van der Waals surface area contributed by atoms with Gasteiger partial charge >= 0.3 is 5.97 Å². The number of carbonyl (C=O) groups excluding carboxylic acids is 2. The van der Waals surface area contributed by atoms with E-state index in [1.54, 1.807) is 13.0 Å². The summed E-state index contributed by atoms with van der Waals surface area (Å²) < 4.78 is 10.2. The van der Waals surface area contributed by atoms with Crippen LogP contribution in [0.4, 0.5) is 5.00 Å². The van der Waals surface area contributed by atoms with Crippen molar-refractivity contribution < 1.29 is 23.8 Å². The Hall–Kier alpha value is -2.74. The highest BCUT2D eigenvalue weighted by atomic mass is 32.1. The third-order valence-corrected chi connectivity index (χ3v) is 5.16. The van der Waals surface area contributed by atoms with Crippen LogP contribution in [0.15, 0.2) is 45.0 Å². The van der Waals surface area contributed by atoms with E-state index < -0.39 is 11.8 Å². The number of aliphatic hydroxyl groups is 1. The number of azo groups is 1. The average Bonchev–Trinajstić information content (AvgIpc) is 3.30. The summed E-state index contributed by atoms with van der Waals surface area (Å²) in [5.74, 6) is -0.992. The number of carbonyl (C=O) groups is 2. The molecule has 0 spiro atoms. The van der Waals surface area contributed by atoms with Crippen molar-refractivity contribution in [3.05, 3.63) is 52.1 Å². The lowest BCUT2D eigenvalue weighted by Crippen LogP contribution is -2.09. The fraction of sp³-hybridized carbons (Fsp3) is 0.333. The molecule has 0 amide bonds. The molecule has 1 N–H and O–H groups in total. The van der Waals surface area contributed by atoms with Crippen LogP contribution >= 0.6 is 11.3 Å². The predicted molar refractivity (Wildman–Crippen MR) is 95.2 cm³/mol. The molecule has 136 valence electrons. The molecule has 0 unspecified atom stereocenters. The minimum atomic E-state index is -0.597. The zero-order valence-electron chi connectivity index (χ0n) is 14.2. The van der Waals surface area contributed by atoms with Gasteiger partial charge < -0.3 is 14.3 Å². The van der Waals surface area contributed by atoms with Gasteiger partial charge in [0.15, 0.2) is 16.5 Å². The molecule has 7 nitrogen and oxygen atoms in total. The number of thiophene rings is 1. The van der Waals surface area contributed by atoms with Gasteiger partial charge in [-0.3, -0.25) is 4.79 Å². The van der Waals surface area contributed by atoms with Crippen LogP contribution in [-0.4, -0.2) is 23.5 Å². The molecular formula is C18H18N2O5S. The van der Waals surface area contributed by atoms with Gasteiger partial charge in [0.2, 0.25) is 0 Å². The summed E-state index contributed by atoms with van der Waals surface area (Å²) in [4.78, 5) is 25.7. The molecule has 2 heterocycles. The number of hydrogen-bond donors (Lipinski definition) is 1. The topological polar surface area (TPSA) is 101 Å². The van der Waals surface area contributed by atoms with E-state index in [-0.39, 0.29) is 18.1 Å². The van der Waals surface area contributed by atoms with E-state index in [2.05, 4.69) is 10.2 Å². The van der Waals surface area contributed by atoms with Crippen LogP contribution in [0.1, 0.15) is 51.1 Å². The number of ketones is 1. The van der Waals surface area contributed by atoms with Crippen molar-refractivity contribution in [1.29, 1.82) is 0 Å². The molecule has 0 atom stereocenters. The molecule has 26 heavy (non-hydrogen) atoms. The van der Waals surface area contributed by atoms with E-state index in [0.29, 0.717) is 16.8 Å². The Morgan fingerprint density at radius 2 is 2.19 bits per heavy atom. The number of Topliss-reactive ketones (excluding diaryl/α,β-unsaturated/α-hetero) is 1. The normalized spacial score (nSPS) is 14.4. The van der Waals surface area contributed by atoms with Crippen molar-refractivity contribution in [1.82, 2.24) is 0 Å². The fourth-order valence-electron chi connectivity index (χ4n) is 2.80. The number of aliphatic hydroxyl groups excluding tert-OH is 1. The zero-order valence-corrected chi connectivity index (χ0v) is 15.0. The number of ether oxygens (including phenoxy) is 1. The Morgan fingerprint density at radius 3 is 2.88 bits per heavy atom. The predicted octanol–water partition coefficient (Wildman–Crippen LogP) is 4.76. The van der Waals surface area contributed by atoms with Crippen molar-refractivity contribution in [3.8, 4) is 0 Å². The summed E-state index contributed by atoms with van der Waals surface area (Å²) in [6.07, 6.45) is 5.67. The molecule has 0 aliphatic heterocycles. The first-order chi connectivity index (χ1) is 12.7. The third kappa shape index (κ3) is 3.60. The summed E-state index contributed by atoms with van der Waals surface area (Å²) in [6.45, 7) is 2.01. The monoisotopic (exact) mass is 374 g/mol. The third-order valence-electron chi connectivity index (χ3n) is 3.98. The highest BCUT2D eigenvalue weighted by molar-refractivity contribution is 7.16. The van der Waals surface area contributed by atoms with Crippen molar-refractivity contribution in [2.24, 2.45) is 10.2 Å². The van der Waals surface area contributed by atoms with Gasteiger partial charge in [0.1, 0.15) is 11.8 Å². The van der Waals surface area contributed by atoms with Crippen LogP contribution in [0.3, 0.4) is 0 Å². The van der Waals surface area contributed by atoms with Gasteiger partial charge in [-0.05, 0) is 50.3 Å². The van der Waals surface area contributed by atoms with Crippen molar-refractivity contribution in [2.45, 2.75) is 32.6 Å². The zero-order chi connectivity index (χ0) is 18.5. The highest BCUT2D eigenvalue weighted by Gasteiger charge is 2.26. The molecule has 8 heteroatoms. The molecule has 0 aromatic carbocycles. The second-order valence-electron chi connectivity index (χ2n) is 5.63. The number of allylic oxidation sites excluding steroid dienone is 1. The average molecular weight is 374 g/mol. The molecule has 1 aliphatic rings. The van der Waals surface area contributed by atoms with Gasteiger partial charge in [0.25, 0.3) is 5.78 Å². The van der Waals surface area contributed by atoms with Crippen LogP contribution in [0, 0.1) is 0 Å². The molecule has 0 saturated carbocycles. The minimum absolute atomic E-state index is 0.0420. The summed E-state index contributed by atoms with van der Waals surface area (Å²) in [6, 6.07) is 3.03. The van der Waals surface area contributed by atoms with Crippen LogP contribution in [-0.2, 0) is 17.6 Å². The van der Waals surface area contributed by atoms with E-state index >= 15 is 0 Å². The Kier molecular flexibility index (Phi) is 5.62. The van der Waals surface area contributed by atoms with Crippen molar-refractivity contribution >= 4 is 28.1 Å². The largest absolute Gasteiger partial charge is 0.513 e. The lowest BCUT2D eigenvalue weighted by Gasteiger charge is -2.11. The molecule has 1 aliphatic carbocycles. The molecular weight excluding hydrogens is 356 g/mol. The number of furan rings is 1. The first-order valence-corrected chi connectivity index (χ1v) is 9.13. The van der Waals surface area contributed by atoms with Gasteiger partial charge in [-0.1, -0.05) is 0 Å². The molecule has 0 radical (unpaired) electrons. The maximum Gasteiger partial charge on any atom is 0.341 e. The summed E-state index contributed by atoms with van der Waals surface area (Å²) >= 11 is 1.37. The molecule has 3 rings (SSSR count). The molecule has 2 aromatic heterocycles. The smallest absolute Gasteiger partial charge is 0.341 e. The van der Waals surface area contributed by atoms with Crippen molar-refractivity contribution in [2.75, 3.05) is 6.61 Å². The number of rotatable bonds is 6. The second-order valence-corrected chi connectivity index (χ2v) is 6.72. The van der Waals surface area contributed by atoms with Gasteiger partial charge in [-0.15, -0.1) is 21.6 Å². The standard InChI is InChI=1S/C18H18N2O5S/c1-2-24-18(23)15-11-6-3-4-8-14(11)26-17(15)20-19-12(10-21)16(22)13-7-5-9-25-13/h5,7,9-10,21H,2-4,6,8H2,1H3/b12-10+,20-19?. The maximum atomic E-state index is 12.4. The van der Waals surface area contributed by atoms with Crippen LogP contribution in [0.25, 0.3) is 0 Å². The lowest BCUT2D eigenvalue weighted by atomic mass is 9.95. The molecule has 0 bridgehead atoms. The minimum Gasteiger partial charge on any atom is -0.513 e. The quantitative estimate of drug-likeness (QED) is 0.258. The van der Waals surface area contributed by atoms with Gasteiger partial charge in [-0.25, -0.2) is 4.79 Å². The number of hydrogen-bond acceptors (Lipinski definition) is 8. The highest BCUT2D eigenvalue weighted by Crippen LogP contribution is 2.40. The number of esters is 1. The number of aryl methyl sites for hydroxylation is 1. The Bertz CT molecular complexity index is 865. The Labute approximate surface area is 154 Å². The van der Waals surface area contributed by atoms with E-state index in [1.165, 1.54) is 23.7 Å². The van der Waals surface area contributed by atoms with E-state index in [1.807, 2.05) is 0 Å². The molecule has 2 aromatic rings. The first-order valence-electron chi connectivity index (χ1n) is 8.31. The number of nitrogens with zero attached hydrogens (tertiary/aromatic N) is 2. The van der Waals surface area contributed by atoms with E-state index in [0.717, 1.165) is 36.1 Å². The first kappa shape index (κ1) is 18.1. The van der Waals surface area contributed by atoms with Crippen LogP contribution in [0.5, 0.6) is 0 Å². The van der Waals surface area contributed by atoms with Crippen molar-refractivity contribution in [3.63, 3.8) is 0 Å². The SMILES string of the molecule is CCOC(=O)c1c(N=N/C(=C/O)C(=O)c2ccco2)sc2c1CCCC2. The second kappa shape index (κ2) is 8.09. The maximum absolute atomic E-state index is 12.4.